The van der Waals surface area contributed by atoms with Gasteiger partial charge in [0.15, 0.2) is 5.75 Å². The van der Waals surface area contributed by atoms with Crippen LogP contribution >= 0.6 is 0 Å². The van der Waals surface area contributed by atoms with Crippen LogP contribution in [0.1, 0.15) is 23.7 Å². The average molecular weight is 296 g/mol. The number of nitrogens with one attached hydrogen (secondary N) is 1. The summed E-state index contributed by atoms with van der Waals surface area (Å²) in [6, 6.07) is 3.00. The van der Waals surface area contributed by atoms with Crippen molar-refractivity contribution < 1.29 is 24.0 Å². The van der Waals surface area contributed by atoms with Gasteiger partial charge in [-0.3, -0.25) is 14.9 Å². The number of carbonyl (C=O) groups excluding carboxylic acids is 2. The van der Waals surface area contributed by atoms with E-state index in [1.54, 1.807) is 6.92 Å². The molecular weight excluding hydrogens is 280 g/mol. The minimum atomic E-state index is -0.802. The molecule has 8 heteroatoms. The first kappa shape index (κ1) is 16.4. The Morgan fingerprint density at radius 2 is 2.05 bits per heavy atom. The van der Waals surface area contributed by atoms with Gasteiger partial charge >= 0.3 is 11.7 Å². The molecule has 1 atom stereocenters. The molecule has 0 saturated heterocycles. The van der Waals surface area contributed by atoms with E-state index in [0.717, 1.165) is 6.07 Å². The number of nitro benzene ring substituents is 1. The second-order valence-corrected chi connectivity index (χ2v) is 4.10. The van der Waals surface area contributed by atoms with Gasteiger partial charge in [-0.25, -0.2) is 4.79 Å². The van der Waals surface area contributed by atoms with E-state index in [1.807, 2.05) is 0 Å². The monoisotopic (exact) mass is 296 g/mol. The van der Waals surface area contributed by atoms with Crippen molar-refractivity contribution in [1.82, 2.24) is 5.32 Å². The molecule has 21 heavy (non-hydrogen) atoms. The molecule has 0 fully saturated rings. The highest BCUT2D eigenvalue weighted by Gasteiger charge is 2.22. The molecule has 1 unspecified atom stereocenters. The number of benzene rings is 1. The van der Waals surface area contributed by atoms with Gasteiger partial charge in [-0.1, -0.05) is 6.92 Å². The van der Waals surface area contributed by atoms with Crippen molar-refractivity contribution in [2.45, 2.75) is 19.4 Å². The smallest absolute Gasteiger partial charge is 0.328 e. The van der Waals surface area contributed by atoms with E-state index in [9.17, 15) is 19.7 Å². The van der Waals surface area contributed by atoms with Crippen molar-refractivity contribution >= 4 is 17.6 Å². The SMILES string of the molecule is CCC(NC(=O)c1ccc(OC)c([N+](=O)[O-])c1)C(=O)OC. The highest BCUT2D eigenvalue weighted by Crippen LogP contribution is 2.27. The maximum absolute atomic E-state index is 12.0. The molecule has 1 aromatic carbocycles. The first-order valence-corrected chi connectivity index (χ1v) is 6.15. The maximum Gasteiger partial charge on any atom is 0.328 e. The van der Waals surface area contributed by atoms with Crippen molar-refractivity contribution in [3.8, 4) is 5.75 Å². The lowest BCUT2D eigenvalue weighted by molar-refractivity contribution is -0.385. The van der Waals surface area contributed by atoms with Gasteiger partial charge in [-0.15, -0.1) is 0 Å². The van der Waals surface area contributed by atoms with E-state index in [4.69, 9.17) is 4.74 Å². The summed E-state index contributed by atoms with van der Waals surface area (Å²) in [7, 11) is 2.52. The van der Waals surface area contributed by atoms with Gasteiger partial charge < -0.3 is 14.8 Å². The van der Waals surface area contributed by atoms with Crippen LogP contribution < -0.4 is 10.1 Å². The summed E-state index contributed by atoms with van der Waals surface area (Å²) in [6.07, 6.45) is 0.344. The Balaban J connectivity index is 3.00. The Hall–Kier alpha value is -2.64. The number of methoxy groups -OCH3 is 2. The Bertz CT molecular complexity index is 558. The largest absolute Gasteiger partial charge is 0.490 e. The number of hydrogen-bond donors (Lipinski definition) is 1. The summed E-state index contributed by atoms with van der Waals surface area (Å²) >= 11 is 0. The number of nitro groups is 1. The Morgan fingerprint density at radius 3 is 2.52 bits per heavy atom. The third kappa shape index (κ3) is 3.91. The molecule has 1 rings (SSSR count). The van der Waals surface area contributed by atoms with Gasteiger partial charge in [-0.2, -0.15) is 0 Å². The molecular formula is C13H16N2O6. The Kier molecular flexibility index (Phi) is 5.65. The predicted molar refractivity (Wildman–Crippen MR) is 73.2 cm³/mol. The number of ether oxygens (including phenoxy) is 2. The summed E-state index contributed by atoms with van der Waals surface area (Å²) in [5, 5.41) is 13.4. The van der Waals surface area contributed by atoms with E-state index >= 15 is 0 Å². The van der Waals surface area contributed by atoms with Crippen LogP contribution in [-0.4, -0.2) is 37.1 Å². The highest BCUT2D eigenvalue weighted by molar-refractivity contribution is 5.97. The molecule has 1 aromatic rings. The third-order valence-electron chi connectivity index (χ3n) is 2.84. The van der Waals surface area contributed by atoms with Gasteiger partial charge in [0, 0.05) is 11.6 Å². The molecule has 0 aliphatic rings. The third-order valence-corrected chi connectivity index (χ3v) is 2.84. The number of esters is 1. The Morgan fingerprint density at radius 1 is 1.38 bits per heavy atom. The van der Waals surface area contributed by atoms with Crippen molar-refractivity contribution in [3.05, 3.63) is 33.9 Å². The molecule has 0 heterocycles. The van der Waals surface area contributed by atoms with E-state index in [2.05, 4.69) is 10.1 Å². The van der Waals surface area contributed by atoms with Crippen LogP contribution in [-0.2, 0) is 9.53 Å². The number of nitrogens with zero attached hydrogens (tertiary/aromatic N) is 1. The van der Waals surface area contributed by atoms with Crippen LogP contribution in [0.15, 0.2) is 18.2 Å². The molecule has 8 nitrogen and oxygen atoms in total. The zero-order valence-corrected chi connectivity index (χ0v) is 11.9. The quantitative estimate of drug-likeness (QED) is 0.481. The number of carbonyl (C=O) groups is 2. The van der Waals surface area contributed by atoms with Crippen molar-refractivity contribution in [2.24, 2.45) is 0 Å². The minimum Gasteiger partial charge on any atom is -0.490 e. The van der Waals surface area contributed by atoms with Crippen LogP contribution in [0.4, 0.5) is 5.69 Å². The molecule has 1 N–H and O–H groups in total. The topological polar surface area (TPSA) is 108 Å². The molecule has 0 aromatic heterocycles. The van der Waals surface area contributed by atoms with Crippen LogP contribution in [0.25, 0.3) is 0 Å². The lowest BCUT2D eigenvalue weighted by Gasteiger charge is -2.14. The number of rotatable bonds is 6. The predicted octanol–water partition coefficient (Wildman–Crippen LogP) is 1.28. The zero-order valence-electron chi connectivity index (χ0n) is 11.9. The van der Waals surface area contributed by atoms with Crippen LogP contribution in [0.5, 0.6) is 5.75 Å². The lowest BCUT2D eigenvalue weighted by Crippen LogP contribution is -2.41. The fourth-order valence-electron chi connectivity index (χ4n) is 1.69. The molecule has 0 spiro atoms. The fraction of sp³-hybridized carbons (Fsp3) is 0.385. The van der Waals surface area contributed by atoms with E-state index < -0.39 is 22.8 Å². The van der Waals surface area contributed by atoms with E-state index in [1.165, 1.54) is 26.4 Å². The van der Waals surface area contributed by atoms with Gasteiger partial charge in [0.25, 0.3) is 5.91 Å². The van der Waals surface area contributed by atoms with Gasteiger partial charge in [-0.05, 0) is 18.6 Å². The van der Waals surface area contributed by atoms with Gasteiger partial charge in [0.1, 0.15) is 6.04 Å². The summed E-state index contributed by atoms with van der Waals surface area (Å²) in [6.45, 7) is 1.71. The van der Waals surface area contributed by atoms with Crippen LogP contribution in [0, 0.1) is 10.1 Å². The molecule has 0 bridgehead atoms. The maximum atomic E-state index is 12.0. The normalized spacial score (nSPS) is 11.4. The average Bonchev–Trinajstić information content (AvgIpc) is 2.50. The number of amides is 1. The van der Waals surface area contributed by atoms with Crippen molar-refractivity contribution in [3.63, 3.8) is 0 Å². The van der Waals surface area contributed by atoms with Crippen molar-refractivity contribution in [1.29, 1.82) is 0 Å². The Labute approximate surface area is 121 Å². The van der Waals surface area contributed by atoms with Crippen molar-refractivity contribution in [2.75, 3.05) is 14.2 Å². The lowest BCUT2D eigenvalue weighted by atomic mass is 10.1. The van der Waals surface area contributed by atoms with Crippen LogP contribution in [0.2, 0.25) is 0 Å². The summed E-state index contributed by atoms with van der Waals surface area (Å²) < 4.78 is 9.41. The molecule has 0 saturated carbocycles. The van der Waals surface area contributed by atoms with E-state index in [-0.39, 0.29) is 17.0 Å². The summed E-state index contributed by atoms with van der Waals surface area (Å²) in [5.41, 5.74) is -0.263. The molecule has 0 radical (unpaired) electrons. The van der Waals surface area contributed by atoms with Gasteiger partial charge in [0.2, 0.25) is 0 Å². The molecule has 114 valence electrons. The van der Waals surface area contributed by atoms with E-state index in [0.29, 0.717) is 6.42 Å². The van der Waals surface area contributed by atoms with Crippen LogP contribution in [0.3, 0.4) is 0 Å². The second-order valence-electron chi connectivity index (χ2n) is 4.10. The number of hydrogen-bond acceptors (Lipinski definition) is 6. The molecule has 0 aliphatic carbocycles. The summed E-state index contributed by atoms with van der Waals surface area (Å²) in [4.78, 5) is 33.7. The first-order valence-electron chi connectivity index (χ1n) is 6.15. The fourth-order valence-corrected chi connectivity index (χ4v) is 1.69. The summed E-state index contributed by atoms with van der Waals surface area (Å²) in [5.74, 6) is -1.12. The van der Waals surface area contributed by atoms with Gasteiger partial charge in [0.05, 0.1) is 19.1 Å². The minimum absolute atomic E-state index is 0.0524. The molecule has 1 amide bonds. The zero-order chi connectivity index (χ0) is 16.0. The second kappa shape index (κ2) is 7.22. The molecule has 0 aliphatic heterocycles. The highest BCUT2D eigenvalue weighted by atomic mass is 16.6. The first-order chi connectivity index (χ1) is 9.94. The standard InChI is InChI=1S/C13H16N2O6/c1-4-9(13(17)21-3)14-12(16)8-5-6-11(20-2)10(7-8)15(18)19/h5-7,9H,4H2,1-3H3,(H,14,16).